The standard InChI is InChI=1S/C19H19ClN2O3/c1-9-10(2)21-18-14(9)16(12-5-7-13(20)8-6-12)15(11(3)22-18)17(23)19(24)25-4/h5-8,17,23H,1-4H3,(H,21,22)/t17-/m0/s1. The Morgan fingerprint density at radius 1 is 1.24 bits per heavy atom. The van der Waals surface area contributed by atoms with Gasteiger partial charge < -0.3 is 14.8 Å². The number of H-pyrrole nitrogens is 1. The zero-order valence-electron chi connectivity index (χ0n) is 14.5. The minimum atomic E-state index is -1.41. The molecule has 1 atom stereocenters. The van der Waals surface area contributed by atoms with E-state index in [2.05, 4.69) is 9.97 Å². The number of halogens is 1. The highest BCUT2D eigenvalue weighted by molar-refractivity contribution is 6.30. The van der Waals surface area contributed by atoms with Crippen LogP contribution in [0.15, 0.2) is 24.3 Å². The first-order valence-corrected chi connectivity index (χ1v) is 8.24. The number of hydrogen-bond donors (Lipinski definition) is 2. The van der Waals surface area contributed by atoms with E-state index < -0.39 is 12.1 Å². The lowest BCUT2D eigenvalue weighted by molar-refractivity contribution is -0.150. The van der Waals surface area contributed by atoms with E-state index in [-0.39, 0.29) is 0 Å². The highest BCUT2D eigenvalue weighted by Gasteiger charge is 2.28. The molecule has 6 heteroatoms. The van der Waals surface area contributed by atoms with Crippen LogP contribution < -0.4 is 0 Å². The van der Waals surface area contributed by atoms with Crippen LogP contribution in [0, 0.1) is 20.8 Å². The molecule has 0 aliphatic carbocycles. The average Bonchev–Trinajstić information content (AvgIpc) is 2.87. The van der Waals surface area contributed by atoms with Crippen molar-refractivity contribution < 1.29 is 14.6 Å². The van der Waals surface area contributed by atoms with Crippen LogP contribution in [0.1, 0.15) is 28.6 Å². The van der Waals surface area contributed by atoms with E-state index in [4.69, 9.17) is 16.3 Å². The molecule has 0 saturated heterocycles. The molecule has 0 bridgehead atoms. The largest absolute Gasteiger partial charge is 0.467 e. The van der Waals surface area contributed by atoms with E-state index >= 15 is 0 Å². The van der Waals surface area contributed by atoms with Gasteiger partial charge in [-0.2, -0.15) is 0 Å². The summed E-state index contributed by atoms with van der Waals surface area (Å²) in [5, 5.41) is 12.1. The topological polar surface area (TPSA) is 75.2 Å². The summed E-state index contributed by atoms with van der Waals surface area (Å²) in [4.78, 5) is 19.8. The Morgan fingerprint density at radius 3 is 2.48 bits per heavy atom. The summed E-state index contributed by atoms with van der Waals surface area (Å²) < 4.78 is 4.73. The Kier molecular flexibility index (Phi) is 4.54. The Bertz CT molecular complexity index is 961. The number of nitrogens with one attached hydrogen (secondary N) is 1. The molecule has 0 amide bonds. The fraction of sp³-hybridized carbons (Fsp3) is 0.263. The number of methoxy groups -OCH3 is 1. The van der Waals surface area contributed by atoms with Gasteiger partial charge in [0, 0.05) is 32.9 Å². The van der Waals surface area contributed by atoms with Gasteiger partial charge in [-0.25, -0.2) is 9.78 Å². The number of aliphatic hydroxyl groups excluding tert-OH is 1. The molecule has 0 spiro atoms. The molecule has 1 aromatic carbocycles. The molecule has 2 heterocycles. The molecule has 3 rings (SSSR count). The number of aryl methyl sites for hydroxylation is 3. The molecule has 0 unspecified atom stereocenters. The summed E-state index contributed by atoms with van der Waals surface area (Å²) in [6.07, 6.45) is -1.41. The first-order chi connectivity index (χ1) is 11.8. The van der Waals surface area contributed by atoms with E-state index in [1.807, 2.05) is 26.0 Å². The molecule has 3 aromatic rings. The molecular formula is C19H19ClN2O3. The minimum Gasteiger partial charge on any atom is -0.467 e. The lowest BCUT2D eigenvalue weighted by Gasteiger charge is -2.18. The van der Waals surface area contributed by atoms with Crippen LogP contribution in [0.4, 0.5) is 0 Å². The van der Waals surface area contributed by atoms with Gasteiger partial charge in [-0.1, -0.05) is 23.7 Å². The van der Waals surface area contributed by atoms with Crippen molar-refractivity contribution in [3.8, 4) is 11.1 Å². The highest BCUT2D eigenvalue weighted by atomic mass is 35.5. The van der Waals surface area contributed by atoms with Crippen LogP contribution in [-0.4, -0.2) is 28.2 Å². The van der Waals surface area contributed by atoms with Gasteiger partial charge in [0.05, 0.1) is 7.11 Å². The fourth-order valence-corrected chi connectivity index (χ4v) is 3.24. The molecule has 0 fully saturated rings. The SMILES string of the molecule is COC(=O)[C@@H](O)c1c(C)nc2[nH]c(C)c(C)c2c1-c1ccc(Cl)cc1. The van der Waals surface area contributed by atoms with Gasteiger partial charge in [-0.15, -0.1) is 0 Å². The molecule has 2 N–H and O–H groups in total. The number of esters is 1. The van der Waals surface area contributed by atoms with Gasteiger partial charge in [0.2, 0.25) is 0 Å². The van der Waals surface area contributed by atoms with Gasteiger partial charge in [0.15, 0.2) is 6.10 Å². The summed E-state index contributed by atoms with van der Waals surface area (Å²) >= 11 is 6.02. The van der Waals surface area contributed by atoms with Crippen LogP contribution in [0.25, 0.3) is 22.2 Å². The second-order valence-corrected chi connectivity index (χ2v) is 6.45. The number of carbonyl (C=O) groups excluding carboxylic acids is 1. The number of fused-ring (bicyclic) bond motifs is 1. The normalized spacial score (nSPS) is 12.4. The lowest BCUT2D eigenvalue weighted by atomic mass is 9.91. The number of pyridine rings is 1. The van der Waals surface area contributed by atoms with Crippen LogP contribution >= 0.6 is 11.6 Å². The Morgan fingerprint density at radius 2 is 1.88 bits per heavy atom. The zero-order valence-corrected chi connectivity index (χ0v) is 15.2. The second-order valence-electron chi connectivity index (χ2n) is 6.02. The highest BCUT2D eigenvalue weighted by Crippen LogP contribution is 2.39. The maximum Gasteiger partial charge on any atom is 0.339 e. The summed E-state index contributed by atoms with van der Waals surface area (Å²) in [6, 6.07) is 7.29. The number of nitrogens with zero attached hydrogens (tertiary/aromatic N) is 1. The molecule has 5 nitrogen and oxygen atoms in total. The van der Waals surface area contributed by atoms with Crippen molar-refractivity contribution in [1.82, 2.24) is 9.97 Å². The smallest absolute Gasteiger partial charge is 0.339 e. The molecule has 2 aromatic heterocycles. The quantitative estimate of drug-likeness (QED) is 0.693. The third-order valence-electron chi connectivity index (χ3n) is 4.50. The second kappa shape index (κ2) is 6.50. The number of aromatic amines is 1. The molecule has 25 heavy (non-hydrogen) atoms. The predicted molar refractivity (Wildman–Crippen MR) is 97.7 cm³/mol. The van der Waals surface area contributed by atoms with Crippen molar-refractivity contribution in [3.63, 3.8) is 0 Å². The summed E-state index contributed by atoms with van der Waals surface area (Å²) in [7, 11) is 1.25. The molecular weight excluding hydrogens is 340 g/mol. The number of carbonyl (C=O) groups is 1. The van der Waals surface area contributed by atoms with Crippen molar-refractivity contribution >= 4 is 28.6 Å². The van der Waals surface area contributed by atoms with Gasteiger partial charge in [0.25, 0.3) is 0 Å². The molecule has 0 radical (unpaired) electrons. The summed E-state index contributed by atoms with van der Waals surface area (Å²) in [6.45, 7) is 5.72. The van der Waals surface area contributed by atoms with Gasteiger partial charge in [-0.05, 0) is 44.0 Å². The summed E-state index contributed by atoms with van der Waals surface area (Å²) in [5.41, 5.74) is 5.35. The van der Waals surface area contributed by atoms with Gasteiger partial charge in [0.1, 0.15) is 5.65 Å². The number of ether oxygens (including phenoxy) is 1. The maximum absolute atomic E-state index is 12.0. The number of hydrogen-bond acceptors (Lipinski definition) is 4. The zero-order chi connectivity index (χ0) is 18.3. The third-order valence-corrected chi connectivity index (χ3v) is 4.75. The Hall–Kier alpha value is -2.37. The van der Waals surface area contributed by atoms with E-state index in [1.54, 1.807) is 19.1 Å². The van der Waals surface area contributed by atoms with Crippen molar-refractivity contribution in [1.29, 1.82) is 0 Å². The first kappa shape index (κ1) is 17.5. The Balaban J connectivity index is 2.43. The molecule has 130 valence electrons. The van der Waals surface area contributed by atoms with Gasteiger partial charge >= 0.3 is 5.97 Å². The van der Waals surface area contributed by atoms with Crippen molar-refractivity contribution in [3.05, 3.63) is 51.8 Å². The van der Waals surface area contributed by atoms with Crippen molar-refractivity contribution in [2.45, 2.75) is 26.9 Å². The molecule has 0 aliphatic heterocycles. The number of aliphatic hydroxyl groups is 1. The van der Waals surface area contributed by atoms with Gasteiger partial charge in [-0.3, -0.25) is 0 Å². The van der Waals surface area contributed by atoms with E-state index in [9.17, 15) is 9.90 Å². The van der Waals surface area contributed by atoms with E-state index in [1.165, 1.54) is 7.11 Å². The van der Waals surface area contributed by atoms with Crippen molar-refractivity contribution in [2.75, 3.05) is 7.11 Å². The first-order valence-electron chi connectivity index (χ1n) is 7.86. The maximum atomic E-state index is 12.0. The van der Waals surface area contributed by atoms with Crippen molar-refractivity contribution in [2.24, 2.45) is 0 Å². The lowest BCUT2D eigenvalue weighted by Crippen LogP contribution is -2.16. The number of benzene rings is 1. The summed E-state index contributed by atoms with van der Waals surface area (Å²) in [5.74, 6) is -0.718. The van der Waals surface area contributed by atoms with Crippen LogP contribution in [0.3, 0.4) is 0 Å². The van der Waals surface area contributed by atoms with Crippen LogP contribution in [-0.2, 0) is 9.53 Å². The number of rotatable bonds is 3. The van der Waals surface area contributed by atoms with E-state index in [0.29, 0.717) is 16.3 Å². The van der Waals surface area contributed by atoms with Crippen LogP contribution in [0.2, 0.25) is 5.02 Å². The van der Waals surface area contributed by atoms with Crippen LogP contribution in [0.5, 0.6) is 0 Å². The third kappa shape index (κ3) is 2.90. The minimum absolute atomic E-state index is 0.448. The molecule has 0 aliphatic rings. The number of aromatic nitrogens is 2. The fourth-order valence-electron chi connectivity index (χ4n) is 3.11. The Labute approximate surface area is 150 Å². The van der Waals surface area contributed by atoms with E-state index in [0.717, 1.165) is 33.4 Å². The monoisotopic (exact) mass is 358 g/mol. The predicted octanol–water partition coefficient (Wildman–Crippen LogP) is 4.01. The molecule has 0 saturated carbocycles. The average molecular weight is 359 g/mol.